The van der Waals surface area contributed by atoms with Gasteiger partial charge in [0.05, 0.1) is 13.2 Å². The van der Waals surface area contributed by atoms with Crippen molar-refractivity contribution in [3.05, 3.63) is 21.4 Å². The van der Waals surface area contributed by atoms with E-state index >= 15 is 0 Å². The molecule has 0 spiro atoms. The average molecular weight is 299 g/mol. The Morgan fingerprint density at radius 2 is 2.10 bits per heavy atom. The van der Waals surface area contributed by atoms with Crippen molar-refractivity contribution in [1.82, 2.24) is 5.32 Å². The van der Waals surface area contributed by atoms with E-state index in [1.54, 1.807) is 0 Å². The molecule has 0 radical (unpaired) electrons. The maximum atomic E-state index is 12.1. The van der Waals surface area contributed by atoms with Crippen LogP contribution in [0.1, 0.15) is 48.5 Å². The van der Waals surface area contributed by atoms with Crippen molar-refractivity contribution in [3.8, 4) is 0 Å². The predicted molar refractivity (Wildman–Crippen MR) is 83.6 cm³/mol. The number of carbonyl (C=O) groups is 2. The Hall–Kier alpha value is -1.20. The first-order chi connectivity index (χ1) is 9.01. The summed E-state index contributed by atoms with van der Waals surface area (Å²) >= 11 is 1.33. The average Bonchev–Trinajstić information content (AvgIpc) is 2.76. The van der Waals surface area contributed by atoms with Gasteiger partial charge in [0.2, 0.25) is 0 Å². The maximum Gasteiger partial charge on any atom is 0.348 e. The molecule has 0 aliphatic carbocycles. The molecule has 0 aliphatic heterocycles. The van der Waals surface area contributed by atoms with E-state index in [1.807, 2.05) is 19.2 Å². The predicted octanol–water partition coefficient (Wildman–Crippen LogP) is 2.98. The van der Waals surface area contributed by atoms with Gasteiger partial charge in [-0.2, -0.15) is 0 Å². The molecule has 0 aromatic carbocycles. The van der Waals surface area contributed by atoms with Gasteiger partial charge in [0.1, 0.15) is 4.88 Å². The number of hydrogen-bond acceptors (Lipinski definition) is 5. The van der Waals surface area contributed by atoms with E-state index in [1.165, 1.54) is 18.4 Å². The number of carbonyl (C=O) groups excluding carboxylic acids is 2. The Kier molecular flexibility index (Phi) is 8.34. The molecule has 5 heteroatoms. The van der Waals surface area contributed by atoms with Gasteiger partial charge >= 0.3 is 5.97 Å². The second-order valence-electron chi connectivity index (χ2n) is 4.54. The Morgan fingerprint density at radius 3 is 2.65 bits per heavy atom. The number of ketones is 1. The van der Waals surface area contributed by atoms with Gasteiger partial charge in [0, 0.05) is 6.42 Å². The summed E-state index contributed by atoms with van der Waals surface area (Å²) in [5.41, 5.74) is 1.77. The zero-order valence-electron chi connectivity index (χ0n) is 11.9. The zero-order chi connectivity index (χ0) is 14.4. The van der Waals surface area contributed by atoms with Crippen LogP contribution in [0.2, 0.25) is 0 Å². The van der Waals surface area contributed by atoms with Gasteiger partial charge in [-0.15, -0.1) is 11.3 Å². The minimum Gasteiger partial charge on any atom is -0.465 e. The number of aryl methyl sites for hydroxylation is 1. The molecule has 0 saturated heterocycles. The van der Waals surface area contributed by atoms with Crippen molar-refractivity contribution in [3.63, 3.8) is 0 Å². The molecule has 1 heterocycles. The van der Waals surface area contributed by atoms with Crippen molar-refractivity contribution in [2.24, 2.45) is 0 Å². The van der Waals surface area contributed by atoms with E-state index in [9.17, 15) is 9.59 Å². The van der Waals surface area contributed by atoms with Crippen molar-refractivity contribution in [2.75, 3.05) is 13.7 Å². The number of ether oxygens (including phenoxy) is 1. The van der Waals surface area contributed by atoms with Gasteiger partial charge in [0.25, 0.3) is 0 Å². The van der Waals surface area contributed by atoms with Gasteiger partial charge in [-0.05, 0) is 43.3 Å². The van der Waals surface area contributed by atoms with Crippen LogP contribution in [0, 0.1) is 6.92 Å². The second kappa shape index (κ2) is 8.87. The van der Waals surface area contributed by atoms with Crippen molar-refractivity contribution in [2.45, 2.75) is 47.1 Å². The topological polar surface area (TPSA) is 55.4 Å². The van der Waals surface area contributed by atoms with Crippen molar-refractivity contribution in [1.29, 1.82) is 0 Å². The van der Waals surface area contributed by atoms with Crippen molar-refractivity contribution >= 4 is 23.1 Å². The summed E-state index contributed by atoms with van der Waals surface area (Å²) < 4.78 is 4.74. The van der Waals surface area contributed by atoms with E-state index in [4.69, 9.17) is 4.74 Å². The van der Waals surface area contributed by atoms with Gasteiger partial charge in [0.15, 0.2) is 5.78 Å². The molecule has 20 heavy (non-hydrogen) atoms. The molecule has 0 amide bonds. The molecule has 0 bridgehead atoms. The van der Waals surface area contributed by atoms with Crippen LogP contribution < -0.4 is 5.32 Å². The summed E-state index contributed by atoms with van der Waals surface area (Å²) in [6.45, 7) is 6.65. The number of thiophene rings is 1. The molecule has 1 atom stereocenters. The highest BCUT2D eigenvalue weighted by molar-refractivity contribution is 7.12. The smallest absolute Gasteiger partial charge is 0.348 e. The summed E-state index contributed by atoms with van der Waals surface area (Å²) in [4.78, 5) is 24.3. The number of rotatable bonds is 7. The van der Waals surface area contributed by atoms with Crippen LogP contribution in [0.25, 0.3) is 0 Å². The second-order valence-corrected chi connectivity index (χ2v) is 5.42. The fourth-order valence-corrected chi connectivity index (χ4v) is 2.75. The standard InChI is InChI=1S/C14H21NO3S.CH4/c1-5-6-15-10(3)12(16)7-11-9(2)8-19-13(11)14(17)18-4;/h8,10,15H,5-7H2,1-4H3;1H4. The van der Waals surface area contributed by atoms with Crippen molar-refractivity contribution < 1.29 is 14.3 Å². The van der Waals surface area contributed by atoms with Gasteiger partial charge in [-0.3, -0.25) is 4.79 Å². The quantitative estimate of drug-likeness (QED) is 0.786. The van der Waals surface area contributed by atoms with E-state index in [-0.39, 0.29) is 31.6 Å². The van der Waals surface area contributed by atoms with Gasteiger partial charge in [-0.25, -0.2) is 4.79 Å². The first-order valence-electron chi connectivity index (χ1n) is 6.42. The lowest BCUT2D eigenvalue weighted by Crippen LogP contribution is -2.35. The Bertz CT molecular complexity index is 454. The van der Waals surface area contributed by atoms with Crippen LogP contribution in [0.5, 0.6) is 0 Å². The lowest BCUT2D eigenvalue weighted by atomic mass is 10.0. The molecule has 1 aromatic rings. The van der Waals surface area contributed by atoms with Crippen LogP contribution in [0.3, 0.4) is 0 Å². The summed E-state index contributed by atoms with van der Waals surface area (Å²) in [5, 5.41) is 5.05. The lowest BCUT2D eigenvalue weighted by Gasteiger charge is -2.12. The molecule has 1 rings (SSSR count). The Morgan fingerprint density at radius 1 is 1.45 bits per heavy atom. The molecule has 1 N–H and O–H groups in total. The SMILES string of the molecule is C.CCCNC(C)C(=O)Cc1c(C)csc1C(=O)OC. The molecule has 0 saturated carbocycles. The maximum absolute atomic E-state index is 12.1. The third-order valence-corrected chi connectivity index (χ3v) is 4.13. The highest BCUT2D eigenvalue weighted by Gasteiger charge is 2.21. The normalized spacial score (nSPS) is 11.6. The molecule has 0 aliphatic rings. The summed E-state index contributed by atoms with van der Waals surface area (Å²) in [6.07, 6.45) is 1.26. The third-order valence-electron chi connectivity index (χ3n) is 3.01. The first-order valence-corrected chi connectivity index (χ1v) is 7.30. The monoisotopic (exact) mass is 299 g/mol. The summed E-state index contributed by atoms with van der Waals surface area (Å²) in [6, 6.07) is -0.190. The highest BCUT2D eigenvalue weighted by Crippen LogP contribution is 2.24. The minimum atomic E-state index is -0.366. The van der Waals surface area contributed by atoms with E-state index in [0.717, 1.165) is 24.1 Å². The Balaban J connectivity index is 0.00000361. The minimum absolute atomic E-state index is 0. The lowest BCUT2D eigenvalue weighted by molar-refractivity contribution is -0.120. The fraction of sp³-hybridized carbons (Fsp3) is 0.600. The molecule has 0 fully saturated rings. The highest BCUT2D eigenvalue weighted by atomic mass is 32.1. The van der Waals surface area contributed by atoms with Gasteiger partial charge in [-0.1, -0.05) is 14.4 Å². The molecular formula is C15H25NO3S. The molecule has 1 aromatic heterocycles. The van der Waals surface area contributed by atoms with E-state index in [2.05, 4.69) is 12.2 Å². The molecule has 1 unspecified atom stereocenters. The largest absolute Gasteiger partial charge is 0.465 e. The van der Waals surface area contributed by atoms with Gasteiger partial charge < -0.3 is 10.1 Å². The first kappa shape index (κ1) is 18.8. The number of nitrogens with one attached hydrogen (secondary N) is 1. The molecule has 4 nitrogen and oxygen atoms in total. The van der Waals surface area contributed by atoms with E-state index < -0.39 is 0 Å². The zero-order valence-corrected chi connectivity index (χ0v) is 12.7. The fourth-order valence-electron chi connectivity index (χ4n) is 1.75. The number of methoxy groups -OCH3 is 1. The van der Waals surface area contributed by atoms with Crippen LogP contribution >= 0.6 is 11.3 Å². The van der Waals surface area contributed by atoms with Crippen LogP contribution in [-0.2, 0) is 16.0 Å². The van der Waals surface area contributed by atoms with E-state index in [0.29, 0.717) is 4.88 Å². The Labute approximate surface area is 125 Å². The van der Waals surface area contributed by atoms with Crippen LogP contribution in [0.4, 0.5) is 0 Å². The number of esters is 1. The van der Waals surface area contributed by atoms with Crippen LogP contribution in [-0.4, -0.2) is 31.4 Å². The van der Waals surface area contributed by atoms with Crippen LogP contribution in [0.15, 0.2) is 5.38 Å². The number of hydrogen-bond donors (Lipinski definition) is 1. The summed E-state index contributed by atoms with van der Waals surface area (Å²) in [5.74, 6) is -0.268. The number of Topliss-reactive ketones (excluding diaryl/α,β-unsaturated/α-hetero) is 1. The summed E-state index contributed by atoms with van der Waals surface area (Å²) in [7, 11) is 1.36. The molecule has 114 valence electrons. The third kappa shape index (κ3) is 4.72. The molecular weight excluding hydrogens is 274 g/mol.